The Morgan fingerprint density at radius 2 is 2.05 bits per heavy atom. The van der Waals surface area contributed by atoms with Gasteiger partial charge in [0.2, 0.25) is 0 Å². The van der Waals surface area contributed by atoms with Crippen molar-refractivity contribution in [2.45, 2.75) is 19.0 Å². The van der Waals surface area contributed by atoms with Crippen LogP contribution in [0.2, 0.25) is 0 Å². The number of aliphatic hydroxyl groups excluding tert-OH is 1. The van der Waals surface area contributed by atoms with E-state index in [1.54, 1.807) is 6.07 Å². The van der Waals surface area contributed by atoms with Crippen molar-refractivity contribution < 1.29 is 13.9 Å². The molecule has 2 rings (SSSR count). The first kappa shape index (κ1) is 14.4. The predicted octanol–water partition coefficient (Wildman–Crippen LogP) is 1.46. The van der Waals surface area contributed by atoms with E-state index in [1.165, 1.54) is 12.1 Å². The van der Waals surface area contributed by atoms with Crippen LogP contribution in [0.1, 0.15) is 12.0 Å². The second-order valence-electron chi connectivity index (χ2n) is 5.13. The Morgan fingerprint density at radius 1 is 1.26 bits per heavy atom. The molecule has 0 amide bonds. The monoisotopic (exact) mass is 270 g/mol. The third kappa shape index (κ3) is 3.72. The van der Waals surface area contributed by atoms with Crippen LogP contribution in [0, 0.1) is 11.6 Å². The highest BCUT2D eigenvalue weighted by molar-refractivity contribution is 5.17. The standard InChI is InChI=1S/C14H20F2N2O/c1-17-5-6-18(10-12(17)4-7-19)9-11-2-3-13(15)14(16)8-11/h2-3,8,12,19H,4-7,9-10H2,1H3/t12-/m1/s1. The maximum absolute atomic E-state index is 13.2. The van der Waals surface area contributed by atoms with Gasteiger partial charge in [-0.15, -0.1) is 0 Å². The van der Waals surface area contributed by atoms with Crippen molar-refractivity contribution in [2.75, 3.05) is 33.3 Å². The van der Waals surface area contributed by atoms with Crippen LogP contribution in [0.4, 0.5) is 8.78 Å². The van der Waals surface area contributed by atoms with Crippen LogP contribution in [0.5, 0.6) is 0 Å². The van der Waals surface area contributed by atoms with E-state index in [2.05, 4.69) is 16.8 Å². The molecule has 1 atom stereocenters. The van der Waals surface area contributed by atoms with E-state index < -0.39 is 11.6 Å². The summed E-state index contributed by atoms with van der Waals surface area (Å²) in [5.74, 6) is -1.60. The topological polar surface area (TPSA) is 26.7 Å². The highest BCUT2D eigenvalue weighted by atomic mass is 19.2. The molecule has 0 aromatic heterocycles. The minimum atomic E-state index is -0.805. The molecular formula is C14H20F2N2O. The van der Waals surface area contributed by atoms with Gasteiger partial charge in [-0.05, 0) is 31.2 Å². The minimum absolute atomic E-state index is 0.175. The van der Waals surface area contributed by atoms with Crippen LogP contribution in [-0.4, -0.2) is 54.2 Å². The van der Waals surface area contributed by atoms with Gasteiger partial charge in [0.1, 0.15) is 0 Å². The zero-order valence-corrected chi connectivity index (χ0v) is 11.1. The summed E-state index contributed by atoms with van der Waals surface area (Å²) in [6.45, 7) is 3.46. The highest BCUT2D eigenvalue weighted by Gasteiger charge is 2.23. The summed E-state index contributed by atoms with van der Waals surface area (Å²) < 4.78 is 26.0. The van der Waals surface area contributed by atoms with Crippen LogP contribution < -0.4 is 0 Å². The van der Waals surface area contributed by atoms with Crippen molar-refractivity contribution in [3.8, 4) is 0 Å². The largest absolute Gasteiger partial charge is 0.396 e. The Morgan fingerprint density at radius 3 is 2.74 bits per heavy atom. The first-order valence-corrected chi connectivity index (χ1v) is 6.57. The lowest BCUT2D eigenvalue weighted by Gasteiger charge is -2.39. The van der Waals surface area contributed by atoms with Gasteiger partial charge in [0.25, 0.3) is 0 Å². The fourth-order valence-corrected chi connectivity index (χ4v) is 2.51. The normalized spacial score (nSPS) is 21.8. The summed E-state index contributed by atoms with van der Waals surface area (Å²) in [5.41, 5.74) is 0.784. The molecule has 0 saturated carbocycles. The first-order valence-electron chi connectivity index (χ1n) is 6.57. The highest BCUT2D eigenvalue weighted by Crippen LogP contribution is 2.15. The Balaban J connectivity index is 1.97. The summed E-state index contributed by atoms with van der Waals surface area (Å²) in [6.07, 6.45) is 0.741. The Bertz CT molecular complexity index is 428. The molecule has 3 nitrogen and oxygen atoms in total. The summed E-state index contributed by atoms with van der Waals surface area (Å²) >= 11 is 0. The molecule has 1 aliphatic rings. The van der Waals surface area contributed by atoms with Crippen LogP contribution in [-0.2, 0) is 6.54 Å². The Kier molecular flexibility index (Phi) is 4.85. The van der Waals surface area contributed by atoms with Crippen molar-refractivity contribution in [1.29, 1.82) is 0 Å². The van der Waals surface area contributed by atoms with Gasteiger partial charge in [-0.2, -0.15) is 0 Å². The molecule has 1 aromatic carbocycles. The van der Waals surface area contributed by atoms with E-state index >= 15 is 0 Å². The molecule has 1 saturated heterocycles. The molecule has 1 N–H and O–H groups in total. The molecule has 0 bridgehead atoms. The fraction of sp³-hybridized carbons (Fsp3) is 0.571. The first-order chi connectivity index (χ1) is 9.10. The van der Waals surface area contributed by atoms with Crippen molar-refractivity contribution >= 4 is 0 Å². The Labute approximate surface area is 112 Å². The molecular weight excluding hydrogens is 250 g/mol. The fourth-order valence-electron chi connectivity index (χ4n) is 2.51. The number of benzene rings is 1. The SMILES string of the molecule is CN1CCN(Cc2ccc(F)c(F)c2)C[C@H]1CCO. The second kappa shape index (κ2) is 6.41. The molecule has 1 fully saturated rings. The molecule has 0 unspecified atom stereocenters. The minimum Gasteiger partial charge on any atom is -0.396 e. The van der Waals surface area contributed by atoms with Gasteiger partial charge in [0, 0.05) is 38.8 Å². The average Bonchev–Trinajstić information content (AvgIpc) is 2.38. The molecule has 106 valence electrons. The molecule has 0 spiro atoms. The molecule has 19 heavy (non-hydrogen) atoms. The third-order valence-electron chi connectivity index (χ3n) is 3.71. The van der Waals surface area contributed by atoms with Gasteiger partial charge in [-0.3, -0.25) is 4.90 Å². The van der Waals surface area contributed by atoms with E-state index in [1.807, 2.05) is 0 Å². The second-order valence-corrected chi connectivity index (χ2v) is 5.13. The van der Waals surface area contributed by atoms with Gasteiger partial charge in [0.15, 0.2) is 11.6 Å². The quantitative estimate of drug-likeness (QED) is 0.897. The number of nitrogens with zero attached hydrogens (tertiary/aromatic N) is 2. The number of aliphatic hydroxyl groups is 1. The molecule has 0 aliphatic carbocycles. The summed E-state index contributed by atoms with van der Waals surface area (Å²) in [7, 11) is 2.05. The average molecular weight is 270 g/mol. The number of piperazine rings is 1. The third-order valence-corrected chi connectivity index (χ3v) is 3.71. The number of hydrogen-bond acceptors (Lipinski definition) is 3. The summed E-state index contributed by atoms with van der Waals surface area (Å²) in [6, 6.07) is 4.38. The number of halogens is 2. The van der Waals surface area contributed by atoms with Crippen molar-refractivity contribution in [2.24, 2.45) is 0 Å². The Hall–Kier alpha value is -1.04. The maximum atomic E-state index is 13.2. The predicted molar refractivity (Wildman–Crippen MR) is 69.8 cm³/mol. The number of likely N-dealkylation sites (N-methyl/N-ethyl adjacent to an activating group) is 1. The van der Waals surface area contributed by atoms with Gasteiger partial charge in [0.05, 0.1) is 0 Å². The summed E-state index contributed by atoms with van der Waals surface area (Å²) in [5, 5.41) is 9.04. The lowest BCUT2D eigenvalue weighted by atomic mass is 10.1. The van der Waals surface area contributed by atoms with Gasteiger partial charge < -0.3 is 10.0 Å². The lowest BCUT2D eigenvalue weighted by molar-refractivity contribution is 0.0742. The smallest absolute Gasteiger partial charge is 0.159 e. The molecule has 1 aliphatic heterocycles. The van der Waals surface area contributed by atoms with E-state index in [9.17, 15) is 8.78 Å². The zero-order chi connectivity index (χ0) is 13.8. The van der Waals surface area contributed by atoms with Crippen molar-refractivity contribution in [3.05, 3.63) is 35.4 Å². The summed E-state index contributed by atoms with van der Waals surface area (Å²) in [4.78, 5) is 4.45. The maximum Gasteiger partial charge on any atom is 0.159 e. The van der Waals surface area contributed by atoms with Crippen molar-refractivity contribution in [3.63, 3.8) is 0 Å². The van der Waals surface area contributed by atoms with Gasteiger partial charge >= 0.3 is 0 Å². The van der Waals surface area contributed by atoms with Gasteiger partial charge in [-0.1, -0.05) is 6.07 Å². The van der Waals surface area contributed by atoms with E-state index in [0.717, 1.165) is 31.6 Å². The molecule has 0 radical (unpaired) electrons. The van der Waals surface area contributed by atoms with Crippen LogP contribution in [0.25, 0.3) is 0 Å². The lowest BCUT2D eigenvalue weighted by Crippen LogP contribution is -2.51. The van der Waals surface area contributed by atoms with Crippen molar-refractivity contribution in [1.82, 2.24) is 9.80 Å². The zero-order valence-electron chi connectivity index (χ0n) is 11.1. The number of hydrogen-bond donors (Lipinski definition) is 1. The van der Waals surface area contributed by atoms with E-state index in [4.69, 9.17) is 5.11 Å². The van der Waals surface area contributed by atoms with E-state index in [-0.39, 0.29) is 6.61 Å². The van der Waals surface area contributed by atoms with Crippen LogP contribution in [0.3, 0.4) is 0 Å². The molecule has 5 heteroatoms. The number of rotatable bonds is 4. The molecule has 1 heterocycles. The van der Waals surface area contributed by atoms with Crippen LogP contribution >= 0.6 is 0 Å². The van der Waals surface area contributed by atoms with Gasteiger partial charge in [-0.25, -0.2) is 8.78 Å². The van der Waals surface area contributed by atoms with E-state index in [0.29, 0.717) is 12.6 Å². The van der Waals surface area contributed by atoms with Crippen LogP contribution in [0.15, 0.2) is 18.2 Å². The molecule has 1 aromatic rings.